The number of rotatable bonds is 9. The number of hydrogen-bond acceptors (Lipinski definition) is 3. The van der Waals surface area contributed by atoms with Gasteiger partial charge in [-0.3, -0.25) is 4.79 Å². The normalized spacial score (nSPS) is 10.4. The Morgan fingerprint density at radius 2 is 1.83 bits per heavy atom. The third kappa shape index (κ3) is 6.01. The molecule has 128 valence electrons. The zero-order chi connectivity index (χ0) is 17.2. The number of benzene rings is 2. The molecule has 0 aliphatic rings. The molecule has 0 aliphatic heterocycles. The highest BCUT2D eigenvalue weighted by Gasteiger charge is 2.04. The topological polar surface area (TPSA) is 50.4 Å². The zero-order valence-electron chi connectivity index (χ0n) is 13.8. The number of halogens is 1. The molecule has 0 unspecified atom stereocenters. The fourth-order valence-electron chi connectivity index (χ4n) is 2.37. The van der Waals surface area contributed by atoms with E-state index in [0.717, 1.165) is 23.3 Å². The summed E-state index contributed by atoms with van der Waals surface area (Å²) in [6.07, 6.45) is 1.14. The number of amides is 1. The van der Waals surface area contributed by atoms with Crippen molar-refractivity contribution in [1.29, 1.82) is 0 Å². The first-order valence-corrected chi connectivity index (χ1v) is 8.03. The number of carbonyl (C=O) groups is 1. The molecule has 0 radical (unpaired) electrons. The highest BCUT2D eigenvalue weighted by Crippen LogP contribution is 2.17. The van der Waals surface area contributed by atoms with Crippen LogP contribution in [-0.2, 0) is 17.8 Å². The van der Waals surface area contributed by atoms with E-state index in [2.05, 4.69) is 10.6 Å². The SMILES string of the molecule is COc1ccccc1CCNC(=O)CCNCc1ccc(F)cc1. The van der Waals surface area contributed by atoms with Gasteiger partial charge in [0.15, 0.2) is 0 Å². The molecule has 0 bridgehead atoms. The van der Waals surface area contributed by atoms with E-state index in [0.29, 0.717) is 26.1 Å². The third-order valence-corrected chi connectivity index (χ3v) is 3.68. The molecule has 0 atom stereocenters. The predicted molar refractivity (Wildman–Crippen MR) is 92.4 cm³/mol. The molecule has 24 heavy (non-hydrogen) atoms. The van der Waals surface area contributed by atoms with Gasteiger partial charge in [-0.1, -0.05) is 30.3 Å². The first-order chi connectivity index (χ1) is 11.7. The van der Waals surface area contributed by atoms with Gasteiger partial charge in [-0.15, -0.1) is 0 Å². The van der Waals surface area contributed by atoms with E-state index in [1.54, 1.807) is 19.2 Å². The predicted octanol–water partition coefficient (Wildman–Crippen LogP) is 2.67. The number of hydrogen-bond donors (Lipinski definition) is 2. The molecule has 2 rings (SSSR count). The molecule has 1 amide bonds. The summed E-state index contributed by atoms with van der Waals surface area (Å²) in [5.74, 6) is 0.609. The fraction of sp³-hybridized carbons (Fsp3) is 0.316. The van der Waals surface area contributed by atoms with Crippen molar-refractivity contribution in [2.45, 2.75) is 19.4 Å². The van der Waals surface area contributed by atoms with Gasteiger partial charge in [0.05, 0.1) is 7.11 Å². The molecule has 0 aromatic heterocycles. The van der Waals surface area contributed by atoms with Crippen molar-refractivity contribution in [3.05, 3.63) is 65.5 Å². The summed E-state index contributed by atoms with van der Waals surface area (Å²) in [4.78, 5) is 11.8. The van der Waals surface area contributed by atoms with E-state index in [-0.39, 0.29) is 11.7 Å². The summed E-state index contributed by atoms with van der Waals surface area (Å²) in [6, 6.07) is 14.1. The monoisotopic (exact) mass is 330 g/mol. The van der Waals surface area contributed by atoms with Crippen molar-refractivity contribution in [2.75, 3.05) is 20.2 Å². The summed E-state index contributed by atoms with van der Waals surface area (Å²) in [5, 5.41) is 6.08. The van der Waals surface area contributed by atoms with Gasteiger partial charge in [0.2, 0.25) is 5.91 Å². The van der Waals surface area contributed by atoms with Crippen LogP contribution < -0.4 is 15.4 Å². The second-order valence-electron chi connectivity index (χ2n) is 5.47. The number of carbonyl (C=O) groups excluding carboxylic acids is 1. The van der Waals surface area contributed by atoms with Crippen molar-refractivity contribution in [3.8, 4) is 5.75 Å². The average Bonchev–Trinajstić information content (AvgIpc) is 2.60. The second-order valence-corrected chi connectivity index (χ2v) is 5.47. The standard InChI is InChI=1S/C19H23FN2O2/c1-24-18-5-3-2-4-16(18)10-13-22-19(23)11-12-21-14-15-6-8-17(20)9-7-15/h2-9,21H,10-14H2,1H3,(H,22,23). The van der Waals surface area contributed by atoms with Gasteiger partial charge in [0.1, 0.15) is 11.6 Å². The van der Waals surface area contributed by atoms with Crippen molar-refractivity contribution in [2.24, 2.45) is 0 Å². The Balaban J connectivity index is 1.60. The molecule has 0 saturated carbocycles. The lowest BCUT2D eigenvalue weighted by atomic mass is 10.1. The van der Waals surface area contributed by atoms with Crippen LogP contribution in [0.25, 0.3) is 0 Å². The van der Waals surface area contributed by atoms with E-state index < -0.39 is 0 Å². The summed E-state index contributed by atoms with van der Waals surface area (Å²) >= 11 is 0. The molecule has 0 spiro atoms. The second kappa shape index (κ2) is 9.67. The Morgan fingerprint density at radius 3 is 2.58 bits per heavy atom. The Morgan fingerprint density at radius 1 is 1.08 bits per heavy atom. The summed E-state index contributed by atoms with van der Waals surface area (Å²) < 4.78 is 18.1. The number of methoxy groups -OCH3 is 1. The van der Waals surface area contributed by atoms with Crippen molar-refractivity contribution in [1.82, 2.24) is 10.6 Å². The van der Waals surface area contributed by atoms with E-state index in [9.17, 15) is 9.18 Å². The minimum Gasteiger partial charge on any atom is -0.496 e. The minimum atomic E-state index is -0.242. The number of para-hydroxylation sites is 1. The minimum absolute atomic E-state index is 0.0107. The molecule has 2 aromatic carbocycles. The van der Waals surface area contributed by atoms with E-state index >= 15 is 0 Å². The Bertz CT molecular complexity index is 644. The van der Waals surface area contributed by atoms with Crippen molar-refractivity contribution < 1.29 is 13.9 Å². The molecule has 4 nitrogen and oxygen atoms in total. The van der Waals surface area contributed by atoms with Gasteiger partial charge in [0, 0.05) is 26.1 Å². The van der Waals surface area contributed by atoms with E-state index in [4.69, 9.17) is 4.74 Å². The Labute approximate surface area is 142 Å². The fourth-order valence-corrected chi connectivity index (χ4v) is 2.37. The first-order valence-electron chi connectivity index (χ1n) is 8.03. The molecular weight excluding hydrogens is 307 g/mol. The van der Waals surface area contributed by atoms with Gasteiger partial charge >= 0.3 is 0 Å². The van der Waals surface area contributed by atoms with Gasteiger partial charge in [-0.25, -0.2) is 4.39 Å². The van der Waals surface area contributed by atoms with Crippen LogP contribution in [-0.4, -0.2) is 26.1 Å². The highest BCUT2D eigenvalue weighted by atomic mass is 19.1. The Hall–Kier alpha value is -2.40. The van der Waals surface area contributed by atoms with Crippen molar-refractivity contribution in [3.63, 3.8) is 0 Å². The summed E-state index contributed by atoms with van der Waals surface area (Å²) in [6.45, 7) is 1.78. The zero-order valence-corrected chi connectivity index (χ0v) is 13.8. The van der Waals surface area contributed by atoms with Crippen LogP contribution in [0.2, 0.25) is 0 Å². The van der Waals surface area contributed by atoms with Crippen LogP contribution in [0.4, 0.5) is 4.39 Å². The molecular formula is C19H23FN2O2. The van der Waals surface area contributed by atoms with Crippen LogP contribution in [0.15, 0.2) is 48.5 Å². The van der Waals surface area contributed by atoms with E-state index in [1.165, 1.54) is 12.1 Å². The van der Waals surface area contributed by atoms with Crippen LogP contribution in [0, 0.1) is 5.82 Å². The maximum atomic E-state index is 12.8. The van der Waals surface area contributed by atoms with E-state index in [1.807, 2.05) is 24.3 Å². The van der Waals surface area contributed by atoms with Gasteiger partial charge in [-0.05, 0) is 35.7 Å². The molecule has 2 aromatic rings. The third-order valence-electron chi connectivity index (χ3n) is 3.68. The lowest BCUT2D eigenvalue weighted by Gasteiger charge is -2.09. The van der Waals surface area contributed by atoms with Gasteiger partial charge in [0.25, 0.3) is 0 Å². The maximum Gasteiger partial charge on any atom is 0.221 e. The van der Waals surface area contributed by atoms with Crippen LogP contribution in [0.1, 0.15) is 17.5 Å². The highest BCUT2D eigenvalue weighted by molar-refractivity contribution is 5.76. The quantitative estimate of drug-likeness (QED) is 0.695. The number of ether oxygens (including phenoxy) is 1. The lowest BCUT2D eigenvalue weighted by Crippen LogP contribution is -2.29. The van der Waals surface area contributed by atoms with Crippen LogP contribution in [0.5, 0.6) is 5.75 Å². The molecule has 5 heteroatoms. The van der Waals surface area contributed by atoms with Gasteiger partial charge < -0.3 is 15.4 Å². The molecule has 0 heterocycles. The first kappa shape index (κ1) is 17.9. The average molecular weight is 330 g/mol. The molecule has 0 fully saturated rings. The summed E-state index contributed by atoms with van der Waals surface area (Å²) in [7, 11) is 1.64. The summed E-state index contributed by atoms with van der Waals surface area (Å²) in [5.41, 5.74) is 2.07. The Kier molecular flexibility index (Phi) is 7.23. The smallest absolute Gasteiger partial charge is 0.221 e. The molecule has 0 aliphatic carbocycles. The van der Waals surface area contributed by atoms with Gasteiger partial charge in [-0.2, -0.15) is 0 Å². The van der Waals surface area contributed by atoms with Crippen LogP contribution in [0.3, 0.4) is 0 Å². The lowest BCUT2D eigenvalue weighted by molar-refractivity contribution is -0.120. The molecule has 0 saturated heterocycles. The van der Waals surface area contributed by atoms with Crippen LogP contribution >= 0.6 is 0 Å². The largest absolute Gasteiger partial charge is 0.496 e. The number of nitrogens with one attached hydrogen (secondary N) is 2. The molecule has 2 N–H and O–H groups in total. The maximum absolute atomic E-state index is 12.8. The van der Waals surface area contributed by atoms with Crippen molar-refractivity contribution >= 4 is 5.91 Å².